The van der Waals surface area contributed by atoms with Crippen LogP contribution in [0.4, 0.5) is 5.82 Å². The fraction of sp³-hybridized carbons (Fsp3) is 0.286. The third-order valence-electron chi connectivity index (χ3n) is 6.56. The summed E-state index contributed by atoms with van der Waals surface area (Å²) < 4.78 is 12.4. The molecule has 0 aliphatic heterocycles. The lowest BCUT2D eigenvalue weighted by Crippen LogP contribution is -2.25. The number of amides is 1. The van der Waals surface area contributed by atoms with Crippen LogP contribution in [0.2, 0.25) is 0 Å². The number of ether oxygens (including phenoxy) is 2. The molecule has 0 saturated carbocycles. The maximum absolute atomic E-state index is 13.3. The Morgan fingerprint density at radius 1 is 1.11 bits per heavy atom. The summed E-state index contributed by atoms with van der Waals surface area (Å²) in [6, 6.07) is 13.0. The molecule has 1 aliphatic rings. The number of aromatic nitrogens is 3. The number of para-hydroxylation sites is 3. The van der Waals surface area contributed by atoms with Gasteiger partial charge in [0, 0.05) is 12.1 Å². The van der Waals surface area contributed by atoms with Crippen LogP contribution in [0, 0.1) is 0 Å². The predicted octanol–water partition coefficient (Wildman–Crippen LogP) is 4.69. The molecule has 0 atom stereocenters. The van der Waals surface area contributed by atoms with E-state index in [0.717, 1.165) is 19.3 Å². The lowest BCUT2D eigenvalue weighted by atomic mass is 9.97. The number of nitrogens with one attached hydrogen (secondary N) is 1. The number of anilines is 1. The van der Waals surface area contributed by atoms with Crippen molar-refractivity contribution in [3.8, 4) is 11.5 Å². The fourth-order valence-corrected chi connectivity index (χ4v) is 4.68. The molecule has 0 spiro atoms. The number of methoxy groups -OCH3 is 2. The maximum Gasteiger partial charge on any atom is 0.257 e. The van der Waals surface area contributed by atoms with Crippen LogP contribution in [0.25, 0.3) is 22.2 Å². The van der Waals surface area contributed by atoms with Crippen LogP contribution in [-0.2, 0) is 0 Å². The largest absolute Gasteiger partial charge is 0.493 e. The van der Waals surface area contributed by atoms with E-state index in [1.807, 2.05) is 36.4 Å². The van der Waals surface area contributed by atoms with Crippen molar-refractivity contribution in [2.24, 2.45) is 5.10 Å². The average Bonchev–Trinajstić information content (AvgIpc) is 3.20. The number of benzene rings is 2. The molecular formula is C28H30N6O3. The molecule has 5 rings (SSSR count). The molecule has 4 aromatic rings. The Labute approximate surface area is 215 Å². The van der Waals surface area contributed by atoms with Crippen LogP contribution in [0.3, 0.4) is 0 Å². The summed E-state index contributed by atoms with van der Waals surface area (Å²) in [7, 11) is 3.14. The number of nitrogens with zero attached hydrogens (tertiary/aromatic N) is 4. The molecule has 0 radical (unpaired) electrons. The quantitative estimate of drug-likeness (QED) is 0.269. The zero-order valence-electron chi connectivity index (χ0n) is 21.0. The number of allylic oxidation sites excluding steroid dienone is 1. The number of carbonyl (C=O) groups excluding carboxylic acids is 1. The zero-order valence-corrected chi connectivity index (χ0v) is 21.0. The van der Waals surface area contributed by atoms with Gasteiger partial charge >= 0.3 is 0 Å². The van der Waals surface area contributed by atoms with Gasteiger partial charge in [0.05, 0.1) is 31.5 Å². The first-order valence-electron chi connectivity index (χ1n) is 12.4. The predicted molar refractivity (Wildman–Crippen MR) is 145 cm³/mol. The van der Waals surface area contributed by atoms with E-state index in [1.54, 1.807) is 26.5 Å². The van der Waals surface area contributed by atoms with Gasteiger partial charge in [-0.3, -0.25) is 4.79 Å². The zero-order chi connectivity index (χ0) is 25.8. The van der Waals surface area contributed by atoms with Crippen LogP contribution in [0.1, 0.15) is 48.0 Å². The minimum atomic E-state index is -0.295. The van der Waals surface area contributed by atoms with E-state index >= 15 is 0 Å². The van der Waals surface area contributed by atoms with Crippen molar-refractivity contribution < 1.29 is 14.3 Å². The van der Waals surface area contributed by atoms with Crippen LogP contribution >= 0.6 is 0 Å². The van der Waals surface area contributed by atoms with Gasteiger partial charge in [0.1, 0.15) is 16.9 Å². The first-order valence-corrected chi connectivity index (χ1v) is 12.4. The summed E-state index contributed by atoms with van der Waals surface area (Å²) in [5, 5.41) is 7.61. The van der Waals surface area contributed by atoms with Gasteiger partial charge < -0.3 is 20.5 Å². The monoisotopic (exact) mass is 498 g/mol. The molecule has 2 aromatic carbocycles. The minimum Gasteiger partial charge on any atom is -0.493 e. The molecule has 190 valence electrons. The smallest absolute Gasteiger partial charge is 0.257 e. The Hall–Kier alpha value is -4.40. The van der Waals surface area contributed by atoms with Crippen molar-refractivity contribution in [1.29, 1.82) is 0 Å². The van der Waals surface area contributed by atoms with Gasteiger partial charge in [-0.15, -0.1) is 0 Å². The number of nitrogens with two attached hydrogens (primary N) is 1. The van der Waals surface area contributed by atoms with Crippen LogP contribution in [0.5, 0.6) is 11.5 Å². The molecule has 0 unspecified atom stereocenters. The molecule has 0 fully saturated rings. The van der Waals surface area contributed by atoms with E-state index in [-0.39, 0.29) is 17.3 Å². The first kappa shape index (κ1) is 24.3. The number of rotatable bonds is 8. The van der Waals surface area contributed by atoms with Crippen molar-refractivity contribution in [3.63, 3.8) is 0 Å². The van der Waals surface area contributed by atoms with Gasteiger partial charge in [0.2, 0.25) is 0 Å². The molecule has 9 nitrogen and oxygen atoms in total. The van der Waals surface area contributed by atoms with Crippen molar-refractivity contribution >= 4 is 40.1 Å². The lowest BCUT2D eigenvalue weighted by molar-refractivity contribution is 0.0956. The SMILES string of the molecule is COc1cccc(/C=N\n2c(N)c(C(=O)NCCC3=CCCCC3)c3nc4ccccc4nc32)c1OC. The van der Waals surface area contributed by atoms with E-state index < -0.39 is 0 Å². The van der Waals surface area contributed by atoms with Crippen molar-refractivity contribution in [2.45, 2.75) is 32.1 Å². The summed E-state index contributed by atoms with van der Waals surface area (Å²) in [6.07, 6.45) is 9.37. The van der Waals surface area contributed by atoms with Gasteiger partial charge in [-0.1, -0.05) is 29.8 Å². The van der Waals surface area contributed by atoms with Gasteiger partial charge in [0.15, 0.2) is 17.1 Å². The van der Waals surface area contributed by atoms with Crippen LogP contribution in [0.15, 0.2) is 59.2 Å². The number of hydrogen-bond acceptors (Lipinski definition) is 7. The van der Waals surface area contributed by atoms with Crippen molar-refractivity contribution in [1.82, 2.24) is 20.0 Å². The average molecular weight is 499 g/mol. The second-order valence-corrected chi connectivity index (χ2v) is 8.90. The van der Waals surface area contributed by atoms with E-state index in [2.05, 4.69) is 16.5 Å². The first-order chi connectivity index (χ1) is 18.1. The second kappa shape index (κ2) is 10.7. The minimum absolute atomic E-state index is 0.165. The Morgan fingerprint density at radius 3 is 2.65 bits per heavy atom. The van der Waals surface area contributed by atoms with Crippen molar-refractivity contribution in [3.05, 3.63) is 65.2 Å². The van der Waals surface area contributed by atoms with Crippen LogP contribution in [-0.4, -0.2) is 47.5 Å². The number of carbonyl (C=O) groups is 1. The highest BCUT2D eigenvalue weighted by Gasteiger charge is 2.24. The molecule has 37 heavy (non-hydrogen) atoms. The third-order valence-corrected chi connectivity index (χ3v) is 6.56. The molecule has 9 heteroatoms. The molecule has 0 bridgehead atoms. The molecule has 2 aromatic heterocycles. The summed E-state index contributed by atoms with van der Waals surface area (Å²) in [4.78, 5) is 22.8. The van der Waals surface area contributed by atoms with Gasteiger partial charge in [0.25, 0.3) is 5.91 Å². The highest BCUT2D eigenvalue weighted by atomic mass is 16.5. The Bertz CT molecular complexity index is 1520. The molecule has 1 aliphatic carbocycles. The summed E-state index contributed by atoms with van der Waals surface area (Å²) >= 11 is 0. The molecule has 2 heterocycles. The second-order valence-electron chi connectivity index (χ2n) is 8.90. The van der Waals surface area contributed by atoms with Crippen LogP contribution < -0.4 is 20.5 Å². The number of hydrogen-bond donors (Lipinski definition) is 2. The van der Waals surface area contributed by atoms with E-state index in [4.69, 9.17) is 25.2 Å². The number of fused-ring (bicyclic) bond motifs is 2. The lowest BCUT2D eigenvalue weighted by Gasteiger charge is -2.13. The van der Waals surface area contributed by atoms with E-state index in [9.17, 15) is 4.79 Å². The normalized spacial score (nSPS) is 13.7. The van der Waals surface area contributed by atoms with Gasteiger partial charge in [-0.05, 0) is 56.4 Å². The van der Waals surface area contributed by atoms with Gasteiger partial charge in [-0.25, -0.2) is 9.97 Å². The molecular weight excluding hydrogens is 468 g/mol. The number of nitrogen functional groups attached to an aromatic ring is 1. The summed E-state index contributed by atoms with van der Waals surface area (Å²) in [5.74, 6) is 0.986. The highest BCUT2D eigenvalue weighted by molar-refractivity contribution is 6.10. The van der Waals surface area contributed by atoms with Crippen molar-refractivity contribution in [2.75, 3.05) is 26.5 Å². The Balaban J connectivity index is 1.54. The third kappa shape index (κ3) is 4.84. The molecule has 3 N–H and O–H groups in total. The summed E-state index contributed by atoms with van der Waals surface area (Å²) in [6.45, 7) is 0.530. The standard InChI is InChI=1S/C28H30N6O3/c1-36-22-14-8-11-19(25(22)37-2)17-31-34-26(29)23(28(35)30-16-15-18-9-4-3-5-10-18)24-27(34)33-21-13-7-6-12-20(21)32-24/h6-9,11-14,17H,3-5,10,15-16,29H2,1-2H3,(H,30,35)/b31-17-. The Morgan fingerprint density at radius 2 is 1.92 bits per heavy atom. The highest BCUT2D eigenvalue weighted by Crippen LogP contribution is 2.31. The van der Waals surface area contributed by atoms with E-state index in [1.165, 1.54) is 23.1 Å². The molecule has 0 saturated heterocycles. The summed E-state index contributed by atoms with van der Waals surface area (Å²) in [5.41, 5.74) is 11.0. The fourth-order valence-electron chi connectivity index (χ4n) is 4.68. The Kier molecular flexibility index (Phi) is 7.02. The topological polar surface area (TPSA) is 117 Å². The molecule has 1 amide bonds. The van der Waals surface area contributed by atoms with E-state index in [0.29, 0.717) is 45.8 Å². The van der Waals surface area contributed by atoms with Gasteiger partial charge in [-0.2, -0.15) is 9.78 Å². The maximum atomic E-state index is 13.3.